The number of likely N-dealkylation sites (tertiary alicyclic amines) is 1. The van der Waals surface area contributed by atoms with E-state index < -0.39 is 0 Å². The molecular formula is C21H39N5O. The van der Waals surface area contributed by atoms with Crippen LogP contribution in [0.5, 0.6) is 0 Å². The standard InChI is InChI=1S/C21H39N5O/c1-20(2,3)18-12-17(25(7)24-18)14-22-13-16-8-10-26(11-9-16)15-19(27)23-21(4,5)6/h12,16,22H,8-11,13-15H2,1-7H3,(H,23,27). The molecule has 0 aliphatic carbocycles. The number of hydrogen-bond acceptors (Lipinski definition) is 4. The van der Waals surface area contributed by atoms with Crippen LogP contribution in [0.25, 0.3) is 0 Å². The Bertz CT molecular complexity index is 615. The average Bonchev–Trinajstić information content (AvgIpc) is 2.88. The zero-order valence-electron chi connectivity index (χ0n) is 18.4. The summed E-state index contributed by atoms with van der Waals surface area (Å²) in [5.41, 5.74) is 2.31. The molecule has 1 saturated heterocycles. The minimum Gasteiger partial charge on any atom is -0.350 e. The number of hydrogen-bond donors (Lipinski definition) is 2. The Hall–Kier alpha value is -1.40. The van der Waals surface area contributed by atoms with Crippen LogP contribution in [0, 0.1) is 5.92 Å². The summed E-state index contributed by atoms with van der Waals surface area (Å²) in [6, 6.07) is 2.21. The van der Waals surface area contributed by atoms with E-state index in [0.717, 1.165) is 44.7 Å². The molecule has 1 aliphatic heterocycles. The molecule has 1 aliphatic rings. The van der Waals surface area contributed by atoms with Crippen molar-refractivity contribution in [2.24, 2.45) is 13.0 Å². The number of nitrogens with one attached hydrogen (secondary N) is 2. The van der Waals surface area contributed by atoms with E-state index in [1.807, 2.05) is 32.5 Å². The predicted octanol–water partition coefficient (Wildman–Crippen LogP) is 2.43. The average molecular weight is 378 g/mol. The maximum atomic E-state index is 12.1. The van der Waals surface area contributed by atoms with E-state index in [4.69, 9.17) is 0 Å². The second-order valence-corrected chi connectivity index (χ2v) is 10.0. The molecule has 6 heteroatoms. The van der Waals surface area contributed by atoms with Crippen LogP contribution in [0.4, 0.5) is 0 Å². The number of aryl methyl sites for hydroxylation is 1. The maximum absolute atomic E-state index is 12.1. The van der Waals surface area contributed by atoms with E-state index >= 15 is 0 Å². The number of amides is 1. The largest absolute Gasteiger partial charge is 0.350 e. The maximum Gasteiger partial charge on any atom is 0.234 e. The molecule has 6 nitrogen and oxygen atoms in total. The number of nitrogens with zero attached hydrogens (tertiary/aromatic N) is 3. The SMILES string of the molecule is Cn1nc(C(C)(C)C)cc1CNCC1CCN(CC(=O)NC(C)(C)C)CC1. The van der Waals surface area contributed by atoms with Gasteiger partial charge in [0.25, 0.3) is 0 Å². The minimum absolute atomic E-state index is 0.0854. The van der Waals surface area contributed by atoms with E-state index in [0.29, 0.717) is 12.5 Å². The first-order chi connectivity index (χ1) is 12.4. The zero-order chi connectivity index (χ0) is 20.2. The molecule has 1 fully saturated rings. The molecule has 1 aromatic rings. The van der Waals surface area contributed by atoms with Gasteiger partial charge in [-0.1, -0.05) is 20.8 Å². The first-order valence-corrected chi connectivity index (χ1v) is 10.2. The first-order valence-electron chi connectivity index (χ1n) is 10.2. The van der Waals surface area contributed by atoms with E-state index in [9.17, 15) is 4.79 Å². The fraction of sp³-hybridized carbons (Fsp3) is 0.810. The van der Waals surface area contributed by atoms with Gasteiger partial charge in [-0.15, -0.1) is 0 Å². The first kappa shape index (κ1) is 21.9. The van der Waals surface area contributed by atoms with Gasteiger partial charge in [0.05, 0.1) is 17.9 Å². The monoisotopic (exact) mass is 377 g/mol. The van der Waals surface area contributed by atoms with Crippen LogP contribution in [0.2, 0.25) is 0 Å². The summed E-state index contributed by atoms with van der Waals surface area (Å²) in [6.07, 6.45) is 2.29. The van der Waals surface area contributed by atoms with Gasteiger partial charge in [-0.3, -0.25) is 14.4 Å². The summed E-state index contributed by atoms with van der Waals surface area (Å²) in [5.74, 6) is 0.812. The molecule has 0 saturated carbocycles. The fourth-order valence-corrected chi connectivity index (χ4v) is 3.45. The number of piperidine rings is 1. The fourth-order valence-electron chi connectivity index (χ4n) is 3.45. The highest BCUT2D eigenvalue weighted by molar-refractivity contribution is 5.78. The van der Waals surface area contributed by atoms with Crippen LogP contribution >= 0.6 is 0 Å². The number of rotatable bonds is 6. The van der Waals surface area contributed by atoms with E-state index in [1.165, 1.54) is 5.69 Å². The molecule has 1 aromatic heterocycles. The summed E-state index contributed by atoms with van der Waals surface area (Å²) >= 11 is 0. The number of carbonyl (C=O) groups is 1. The second kappa shape index (κ2) is 8.74. The highest BCUT2D eigenvalue weighted by Crippen LogP contribution is 2.21. The lowest BCUT2D eigenvalue weighted by Crippen LogP contribution is -2.48. The van der Waals surface area contributed by atoms with Gasteiger partial charge in [-0.2, -0.15) is 5.10 Å². The molecule has 0 aromatic carbocycles. The molecule has 0 spiro atoms. The summed E-state index contributed by atoms with van der Waals surface area (Å²) in [5, 5.41) is 11.3. The van der Waals surface area contributed by atoms with Crippen LogP contribution < -0.4 is 10.6 Å². The Kier molecular flexibility index (Phi) is 7.09. The van der Waals surface area contributed by atoms with Crippen molar-refractivity contribution < 1.29 is 4.79 Å². The molecule has 2 heterocycles. The zero-order valence-corrected chi connectivity index (χ0v) is 18.4. The van der Waals surface area contributed by atoms with Crippen LogP contribution in [-0.4, -0.2) is 52.3 Å². The quantitative estimate of drug-likeness (QED) is 0.799. The summed E-state index contributed by atoms with van der Waals surface area (Å²) in [6.45, 7) is 17.1. The summed E-state index contributed by atoms with van der Waals surface area (Å²) in [7, 11) is 2.02. The van der Waals surface area contributed by atoms with Gasteiger partial charge in [0.1, 0.15) is 0 Å². The number of carbonyl (C=O) groups excluding carboxylic acids is 1. The van der Waals surface area contributed by atoms with Gasteiger partial charge in [0.2, 0.25) is 5.91 Å². The van der Waals surface area contributed by atoms with Crippen LogP contribution in [0.3, 0.4) is 0 Å². The van der Waals surface area contributed by atoms with Crippen molar-refractivity contribution in [2.45, 2.75) is 71.9 Å². The molecule has 2 rings (SSSR count). The van der Waals surface area contributed by atoms with Gasteiger partial charge in [-0.25, -0.2) is 0 Å². The lowest BCUT2D eigenvalue weighted by Gasteiger charge is -2.32. The van der Waals surface area contributed by atoms with Crippen molar-refractivity contribution in [1.29, 1.82) is 0 Å². The second-order valence-electron chi connectivity index (χ2n) is 10.0. The van der Waals surface area contributed by atoms with Gasteiger partial charge >= 0.3 is 0 Å². The number of aromatic nitrogens is 2. The van der Waals surface area contributed by atoms with Crippen molar-refractivity contribution in [3.8, 4) is 0 Å². The summed E-state index contributed by atoms with van der Waals surface area (Å²) < 4.78 is 1.99. The highest BCUT2D eigenvalue weighted by Gasteiger charge is 2.23. The molecule has 1 amide bonds. The lowest BCUT2D eigenvalue weighted by molar-refractivity contribution is -0.124. The lowest BCUT2D eigenvalue weighted by atomic mass is 9.92. The van der Waals surface area contributed by atoms with Crippen molar-refractivity contribution in [1.82, 2.24) is 25.3 Å². The van der Waals surface area contributed by atoms with Crippen molar-refractivity contribution >= 4 is 5.91 Å². The molecule has 27 heavy (non-hydrogen) atoms. The Morgan fingerprint density at radius 2 is 1.81 bits per heavy atom. The van der Waals surface area contributed by atoms with E-state index in [2.05, 4.69) is 47.5 Å². The van der Waals surface area contributed by atoms with Crippen molar-refractivity contribution in [2.75, 3.05) is 26.2 Å². The Labute approximate surface area is 165 Å². The van der Waals surface area contributed by atoms with E-state index in [1.54, 1.807) is 0 Å². The molecule has 0 radical (unpaired) electrons. The van der Waals surface area contributed by atoms with Gasteiger partial charge in [0, 0.05) is 24.5 Å². The predicted molar refractivity (Wildman–Crippen MR) is 111 cm³/mol. The third-order valence-corrected chi connectivity index (χ3v) is 5.07. The van der Waals surface area contributed by atoms with Gasteiger partial charge in [0.15, 0.2) is 0 Å². The Balaban J connectivity index is 1.69. The molecule has 2 N–H and O–H groups in total. The molecule has 0 atom stereocenters. The van der Waals surface area contributed by atoms with E-state index in [-0.39, 0.29) is 16.9 Å². The summed E-state index contributed by atoms with van der Waals surface area (Å²) in [4.78, 5) is 14.3. The topological polar surface area (TPSA) is 62.2 Å². The third kappa shape index (κ3) is 7.26. The molecule has 0 unspecified atom stereocenters. The molecule has 154 valence electrons. The highest BCUT2D eigenvalue weighted by atomic mass is 16.2. The molecule has 0 bridgehead atoms. The van der Waals surface area contributed by atoms with Crippen LogP contribution in [-0.2, 0) is 23.8 Å². The van der Waals surface area contributed by atoms with Crippen LogP contribution in [0.15, 0.2) is 6.07 Å². The van der Waals surface area contributed by atoms with Crippen molar-refractivity contribution in [3.63, 3.8) is 0 Å². The third-order valence-electron chi connectivity index (χ3n) is 5.07. The smallest absolute Gasteiger partial charge is 0.234 e. The van der Waals surface area contributed by atoms with Crippen LogP contribution in [0.1, 0.15) is 65.8 Å². The Morgan fingerprint density at radius 3 is 2.33 bits per heavy atom. The normalized spacial score (nSPS) is 17.3. The minimum atomic E-state index is -0.155. The molecular weight excluding hydrogens is 338 g/mol. The van der Waals surface area contributed by atoms with Gasteiger partial charge < -0.3 is 10.6 Å². The van der Waals surface area contributed by atoms with Crippen molar-refractivity contribution in [3.05, 3.63) is 17.5 Å². The van der Waals surface area contributed by atoms with Gasteiger partial charge in [-0.05, 0) is 65.2 Å². The Morgan fingerprint density at radius 1 is 1.19 bits per heavy atom.